The van der Waals surface area contributed by atoms with Crippen LogP contribution in [0.4, 0.5) is 14.5 Å². The van der Waals surface area contributed by atoms with Gasteiger partial charge in [-0.05, 0) is 56.0 Å². The highest BCUT2D eigenvalue weighted by atomic mass is 32.2. The second kappa shape index (κ2) is 8.07. The monoisotopic (exact) mass is 475 g/mol. The number of aromatic nitrogens is 2. The Balaban J connectivity index is 1.45. The first-order valence-corrected chi connectivity index (χ1v) is 12.2. The van der Waals surface area contributed by atoms with Gasteiger partial charge in [0.2, 0.25) is 0 Å². The number of nitrogens with zero attached hydrogens (tertiary/aromatic N) is 4. The molecule has 11 heteroatoms. The first kappa shape index (κ1) is 21.8. The molecule has 0 spiro atoms. The van der Waals surface area contributed by atoms with Gasteiger partial charge < -0.3 is 4.90 Å². The van der Waals surface area contributed by atoms with Crippen LogP contribution in [0.1, 0.15) is 47.6 Å². The van der Waals surface area contributed by atoms with Crippen LogP contribution in [0.25, 0.3) is 5.52 Å². The van der Waals surface area contributed by atoms with Crippen molar-refractivity contribution in [1.82, 2.24) is 18.6 Å². The highest BCUT2D eigenvalue weighted by Gasteiger charge is 2.35. The van der Waals surface area contributed by atoms with Crippen molar-refractivity contribution in [2.24, 2.45) is 0 Å². The van der Waals surface area contributed by atoms with Gasteiger partial charge in [-0.25, -0.2) is 18.0 Å². The standard InChI is InChI=1S/C22H23F2N5O3S/c1-27(15-5-6-15)33(31,32)26-22(30)18-13-25-29-10-8-16(12-21(18)29)28-9-2-3-20(28)17-11-14(23)4-7-19(17)24/h4,7-8,10-13,15,20H,2-3,5-6,9H2,1H3,(H,26,30)/t20-/m1/s1. The predicted octanol–water partition coefficient (Wildman–Crippen LogP) is 3.02. The molecule has 1 saturated carbocycles. The second-order valence-electron chi connectivity index (χ2n) is 8.47. The van der Waals surface area contributed by atoms with E-state index in [0.717, 1.165) is 31.4 Å². The third kappa shape index (κ3) is 4.06. The molecule has 174 valence electrons. The summed E-state index contributed by atoms with van der Waals surface area (Å²) < 4.78 is 58.0. The maximum atomic E-state index is 14.4. The van der Waals surface area contributed by atoms with E-state index in [9.17, 15) is 22.0 Å². The zero-order chi connectivity index (χ0) is 23.3. The van der Waals surface area contributed by atoms with Gasteiger partial charge in [0.25, 0.3) is 5.91 Å². The molecule has 1 aliphatic heterocycles. The normalized spacial score (nSPS) is 18.9. The lowest BCUT2D eigenvalue weighted by atomic mass is 10.0. The van der Waals surface area contributed by atoms with Crippen LogP contribution in [0.15, 0.2) is 42.7 Å². The highest BCUT2D eigenvalue weighted by Crippen LogP contribution is 2.38. The molecule has 1 aromatic carbocycles. The first-order chi connectivity index (χ1) is 15.7. The summed E-state index contributed by atoms with van der Waals surface area (Å²) in [5, 5.41) is 4.15. The molecule has 2 fully saturated rings. The lowest BCUT2D eigenvalue weighted by Crippen LogP contribution is -2.42. The molecule has 33 heavy (non-hydrogen) atoms. The minimum atomic E-state index is -3.96. The van der Waals surface area contributed by atoms with Crippen LogP contribution in [-0.2, 0) is 10.2 Å². The molecule has 2 aromatic heterocycles. The van der Waals surface area contributed by atoms with E-state index in [1.54, 1.807) is 18.3 Å². The minimum absolute atomic E-state index is 0.0823. The van der Waals surface area contributed by atoms with Crippen molar-refractivity contribution < 1.29 is 22.0 Å². The fraction of sp³-hybridized carbons (Fsp3) is 0.364. The molecule has 8 nitrogen and oxygen atoms in total. The maximum Gasteiger partial charge on any atom is 0.304 e. The topological polar surface area (TPSA) is 87.0 Å². The summed E-state index contributed by atoms with van der Waals surface area (Å²) in [5.74, 6) is -1.74. The molecule has 1 amide bonds. The number of rotatable bonds is 6. The van der Waals surface area contributed by atoms with E-state index in [0.29, 0.717) is 24.2 Å². The SMILES string of the molecule is CN(C1CC1)S(=O)(=O)NC(=O)c1cnn2ccc(N3CCC[C@@H]3c3cc(F)ccc3F)cc12. The van der Waals surface area contributed by atoms with E-state index >= 15 is 0 Å². The van der Waals surface area contributed by atoms with Crippen molar-refractivity contribution in [1.29, 1.82) is 0 Å². The van der Waals surface area contributed by atoms with E-state index in [1.807, 2.05) is 4.90 Å². The number of carbonyl (C=O) groups excluding carboxylic acids is 1. The number of amides is 1. The average molecular weight is 476 g/mol. The van der Waals surface area contributed by atoms with Crippen molar-refractivity contribution >= 4 is 27.3 Å². The summed E-state index contributed by atoms with van der Waals surface area (Å²) in [6.45, 7) is 0.632. The van der Waals surface area contributed by atoms with E-state index < -0.39 is 27.8 Å². The molecule has 1 saturated heterocycles. The molecule has 3 aromatic rings. The number of anilines is 1. The van der Waals surface area contributed by atoms with Crippen LogP contribution in [0, 0.1) is 11.6 Å². The Hall–Kier alpha value is -3.05. The fourth-order valence-corrected chi connectivity index (χ4v) is 5.46. The van der Waals surface area contributed by atoms with Crippen LogP contribution in [0.2, 0.25) is 0 Å². The molecule has 3 heterocycles. The first-order valence-electron chi connectivity index (χ1n) is 10.7. The molecule has 5 rings (SSSR count). The van der Waals surface area contributed by atoms with Gasteiger partial charge in [-0.1, -0.05) is 0 Å². The zero-order valence-electron chi connectivity index (χ0n) is 17.9. The van der Waals surface area contributed by atoms with E-state index in [-0.39, 0.29) is 23.2 Å². The highest BCUT2D eigenvalue weighted by molar-refractivity contribution is 7.87. The van der Waals surface area contributed by atoms with Gasteiger partial charge in [0.15, 0.2) is 0 Å². The summed E-state index contributed by atoms with van der Waals surface area (Å²) in [6.07, 6.45) is 5.97. The lowest BCUT2D eigenvalue weighted by molar-refractivity contribution is 0.0981. The summed E-state index contributed by atoms with van der Waals surface area (Å²) >= 11 is 0. The third-order valence-corrected chi connectivity index (χ3v) is 7.81. The quantitative estimate of drug-likeness (QED) is 0.592. The van der Waals surface area contributed by atoms with Gasteiger partial charge >= 0.3 is 10.2 Å². The van der Waals surface area contributed by atoms with Gasteiger partial charge in [0, 0.05) is 37.1 Å². The summed E-state index contributed by atoms with van der Waals surface area (Å²) in [7, 11) is -2.52. The largest absolute Gasteiger partial charge is 0.364 e. The molecule has 2 aliphatic rings. The molecule has 1 N–H and O–H groups in total. The number of pyridine rings is 1. The van der Waals surface area contributed by atoms with Gasteiger partial charge in [-0.3, -0.25) is 4.79 Å². The average Bonchev–Trinajstić information content (AvgIpc) is 3.35. The van der Waals surface area contributed by atoms with Crippen LogP contribution in [0.5, 0.6) is 0 Å². The number of hydrogen-bond donors (Lipinski definition) is 1. The van der Waals surface area contributed by atoms with Crippen molar-refractivity contribution in [3.8, 4) is 0 Å². The number of nitrogens with one attached hydrogen (secondary N) is 1. The van der Waals surface area contributed by atoms with Crippen LogP contribution < -0.4 is 9.62 Å². The predicted molar refractivity (Wildman–Crippen MR) is 118 cm³/mol. The summed E-state index contributed by atoms with van der Waals surface area (Å²) in [5.41, 5.74) is 1.52. The Bertz CT molecular complexity index is 1340. The molecule has 1 atom stereocenters. The molecule has 0 radical (unpaired) electrons. The van der Waals surface area contributed by atoms with Gasteiger partial charge in [-0.15, -0.1) is 0 Å². The third-order valence-electron chi connectivity index (χ3n) is 6.31. The second-order valence-corrected chi connectivity index (χ2v) is 10.2. The Kier molecular flexibility index (Phi) is 5.32. The van der Waals surface area contributed by atoms with Crippen molar-refractivity contribution in [3.05, 3.63) is 65.5 Å². The number of halogens is 2. The molecular weight excluding hydrogens is 452 g/mol. The van der Waals surface area contributed by atoms with E-state index in [2.05, 4.69) is 9.82 Å². The number of fused-ring (bicyclic) bond motifs is 1. The molecule has 0 unspecified atom stereocenters. The Morgan fingerprint density at radius 2 is 1.97 bits per heavy atom. The summed E-state index contributed by atoms with van der Waals surface area (Å²) in [6, 6.07) is 6.51. The minimum Gasteiger partial charge on any atom is -0.364 e. The summed E-state index contributed by atoms with van der Waals surface area (Å²) in [4.78, 5) is 14.8. The van der Waals surface area contributed by atoms with Crippen LogP contribution in [-0.4, -0.2) is 47.9 Å². The van der Waals surface area contributed by atoms with Gasteiger partial charge in [-0.2, -0.15) is 17.8 Å². The Labute approximate surface area is 190 Å². The smallest absolute Gasteiger partial charge is 0.304 e. The van der Waals surface area contributed by atoms with Crippen molar-refractivity contribution in [2.75, 3.05) is 18.5 Å². The van der Waals surface area contributed by atoms with Crippen LogP contribution >= 0.6 is 0 Å². The van der Waals surface area contributed by atoms with E-state index in [4.69, 9.17) is 0 Å². The van der Waals surface area contributed by atoms with Crippen LogP contribution in [0.3, 0.4) is 0 Å². The zero-order valence-corrected chi connectivity index (χ0v) is 18.7. The number of hydrogen-bond acceptors (Lipinski definition) is 5. The molecule has 0 bridgehead atoms. The fourth-order valence-electron chi connectivity index (χ4n) is 4.37. The number of benzene rings is 1. The van der Waals surface area contributed by atoms with Crippen molar-refractivity contribution in [3.63, 3.8) is 0 Å². The Morgan fingerprint density at radius 1 is 1.18 bits per heavy atom. The van der Waals surface area contributed by atoms with Gasteiger partial charge in [0.05, 0.1) is 23.3 Å². The van der Waals surface area contributed by atoms with Crippen molar-refractivity contribution in [2.45, 2.75) is 37.8 Å². The Morgan fingerprint density at radius 3 is 2.73 bits per heavy atom. The molecular formula is C22H23F2N5O3S. The van der Waals surface area contributed by atoms with Gasteiger partial charge in [0.1, 0.15) is 11.6 Å². The van der Waals surface area contributed by atoms with E-state index in [1.165, 1.54) is 28.1 Å². The maximum absolute atomic E-state index is 14.4. The number of carbonyl (C=O) groups is 1. The lowest BCUT2D eigenvalue weighted by Gasteiger charge is -2.27. The molecule has 1 aliphatic carbocycles.